The van der Waals surface area contributed by atoms with E-state index in [1.165, 1.54) is 11.9 Å². The lowest BCUT2D eigenvalue weighted by Crippen LogP contribution is -2.56. The average Bonchev–Trinajstić information content (AvgIpc) is 3.49. The second-order valence-electron chi connectivity index (χ2n) is 9.21. The van der Waals surface area contributed by atoms with Gasteiger partial charge in [-0.2, -0.15) is 0 Å². The molecule has 0 aromatic heterocycles. The van der Waals surface area contributed by atoms with Crippen LogP contribution in [0.1, 0.15) is 49.7 Å². The number of amides is 2. The zero-order valence-corrected chi connectivity index (χ0v) is 20.2. The number of alkyl carbamates (subject to hydrolysis) is 1. The Bertz CT molecular complexity index is 1050. The maximum atomic E-state index is 12.7. The molecular formula is C27H32N2O6. The van der Waals surface area contributed by atoms with Gasteiger partial charge in [-0.1, -0.05) is 55.5 Å². The molecule has 0 radical (unpaired) electrons. The molecule has 2 unspecified atom stereocenters. The van der Waals surface area contributed by atoms with Crippen molar-refractivity contribution in [3.8, 4) is 11.1 Å². The fraction of sp³-hybridized carbons (Fsp3) is 0.444. The second kappa shape index (κ2) is 10.5. The van der Waals surface area contributed by atoms with Gasteiger partial charge in [-0.15, -0.1) is 0 Å². The van der Waals surface area contributed by atoms with E-state index in [0.717, 1.165) is 22.3 Å². The van der Waals surface area contributed by atoms with Crippen LogP contribution in [0.3, 0.4) is 0 Å². The van der Waals surface area contributed by atoms with Gasteiger partial charge in [0.1, 0.15) is 6.61 Å². The number of rotatable bonds is 9. The number of benzene rings is 2. The molecule has 0 spiro atoms. The number of hydrogen-bond donors (Lipinski definition) is 2. The molecule has 1 fully saturated rings. The minimum Gasteiger partial charge on any atom is -0.479 e. The van der Waals surface area contributed by atoms with Crippen LogP contribution < -0.4 is 5.32 Å². The summed E-state index contributed by atoms with van der Waals surface area (Å²) in [5, 5.41) is 12.5. The van der Waals surface area contributed by atoms with Crippen LogP contribution >= 0.6 is 0 Å². The molecule has 2 amide bonds. The number of hydrogen-bond acceptors (Lipinski definition) is 5. The summed E-state index contributed by atoms with van der Waals surface area (Å²) in [5.41, 5.74) is 3.30. The smallest absolute Gasteiger partial charge is 0.407 e. The summed E-state index contributed by atoms with van der Waals surface area (Å²) in [6.07, 6.45) is 0.869. The van der Waals surface area contributed by atoms with Crippen molar-refractivity contribution in [1.29, 1.82) is 0 Å². The number of carboxylic acid groups (broad SMARTS) is 1. The van der Waals surface area contributed by atoms with E-state index in [2.05, 4.69) is 29.6 Å². The molecule has 1 saturated heterocycles. The highest BCUT2D eigenvalue weighted by Crippen LogP contribution is 2.44. The van der Waals surface area contributed by atoms with Gasteiger partial charge < -0.3 is 24.8 Å². The molecule has 4 rings (SSSR count). The zero-order valence-electron chi connectivity index (χ0n) is 20.2. The molecule has 8 heteroatoms. The van der Waals surface area contributed by atoms with Gasteiger partial charge in [-0.05, 0) is 35.1 Å². The quantitative estimate of drug-likeness (QED) is 0.566. The second-order valence-corrected chi connectivity index (χ2v) is 9.21. The molecule has 2 aromatic rings. The lowest BCUT2D eigenvalue weighted by molar-refractivity contribution is -0.157. The summed E-state index contributed by atoms with van der Waals surface area (Å²) in [6, 6.07) is 16.0. The lowest BCUT2D eigenvalue weighted by atomic mass is 9.96. The summed E-state index contributed by atoms with van der Waals surface area (Å²) >= 11 is 0. The van der Waals surface area contributed by atoms with Crippen molar-refractivity contribution < 1.29 is 29.0 Å². The zero-order chi connectivity index (χ0) is 25.0. The highest BCUT2D eigenvalue weighted by molar-refractivity contribution is 5.87. The van der Waals surface area contributed by atoms with E-state index in [9.17, 15) is 19.5 Å². The predicted molar refractivity (Wildman–Crippen MR) is 130 cm³/mol. The third kappa shape index (κ3) is 4.89. The lowest BCUT2D eigenvalue weighted by Gasteiger charge is -2.33. The monoisotopic (exact) mass is 480 g/mol. The first-order valence-corrected chi connectivity index (χ1v) is 12.1. The Hall–Kier alpha value is -3.39. The van der Waals surface area contributed by atoms with Crippen LogP contribution in [0.15, 0.2) is 48.5 Å². The minimum atomic E-state index is -1.32. The van der Waals surface area contributed by atoms with E-state index in [-0.39, 0.29) is 43.9 Å². The number of carboxylic acids is 1. The number of nitrogens with zero attached hydrogens (tertiary/aromatic N) is 1. The molecule has 2 aromatic carbocycles. The first-order chi connectivity index (χ1) is 16.9. The molecule has 35 heavy (non-hydrogen) atoms. The topological polar surface area (TPSA) is 105 Å². The van der Waals surface area contributed by atoms with E-state index in [1.54, 1.807) is 0 Å². The van der Waals surface area contributed by atoms with Crippen molar-refractivity contribution in [3.05, 3.63) is 59.7 Å². The van der Waals surface area contributed by atoms with E-state index >= 15 is 0 Å². The summed E-state index contributed by atoms with van der Waals surface area (Å²) in [5.74, 6) is -1.37. The summed E-state index contributed by atoms with van der Waals surface area (Å²) in [4.78, 5) is 38.4. The minimum absolute atomic E-state index is 0.0141. The molecule has 0 bridgehead atoms. The van der Waals surface area contributed by atoms with Crippen molar-refractivity contribution in [2.75, 3.05) is 26.9 Å². The van der Waals surface area contributed by atoms with Gasteiger partial charge in [0.15, 0.2) is 5.54 Å². The predicted octanol–water partition coefficient (Wildman–Crippen LogP) is 3.79. The molecular weight excluding hydrogens is 448 g/mol. The average molecular weight is 481 g/mol. The Morgan fingerprint density at radius 1 is 1.14 bits per heavy atom. The van der Waals surface area contributed by atoms with Crippen molar-refractivity contribution in [2.45, 2.75) is 50.1 Å². The summed E-state index contributed by atoms with van der Waals surface area (Å²) in [7, 11) is 1.51. The number of aliphatic carboxylic acids is 1. The highest BCUT2D eigenvalue weighted by Gasteiger charge is 2.48. The highest BCUT2D eigenvalue weighted by atomic mass is 16.5. The Kier molecular flexibility index (Phi) is 7.40. The van der Waals surface area contributed by atoms with E-state index in [1.807, 2.05) is 31.2 Å². The first kappa shape index (κ1) is 24.7. The van der Waals surface area contributed by atoms with Gasteiger partial charge in [0.05, 0.1) is 6.61 Å². The number of ether oxygens (including phenoxy) is 2. The third-order valence-corrected chi connectivity index (χ3v) is 7.28. The number of carbonyl (C=O) groups is 3. The van der Waals surface area contributed by atoms with Gasteiger partial charge in [-0.25, -0.2) is 9.59 Å². The molecule has 2 N–H and O–H groups in total. The van der Waals surface area contributed by atoms with Crippen LogP contribution in [-0.4, -0.2) is 66.4 Å². The van der Waals surface area contributed by atoms with Crippen molar-refractivity contribution >= 4 is 18.0 Å². The Morgan fingerprint density at radius 3 is 2.31 bits per heavy atom. The number of nitrogens with one attached hydrogen (secondary N) is 1. The van der Waals surface area contributed by atoms with E-state index < -0.39 is 17.6 Å². The summed E-state index contributed by atoms with van der Waals surface area (Å²) < 4.78 is 10.9. The fourth-order valence-electron chi connectivity index (χ4n) is 5.02. The van der Waals surface area contributed by atoms with Crippen LogP contribution in [0.4, 0.5) is 4.79 Å². The molecule has 1 heterocycles. The van der Waals surface area contributed by atoms with Gasteiger partial charge in [0.2, 0.25) is 5.91 Å². The van der Waals surface area contributed by atoms with Crippen molar-refractivity contribution in [3.63, 3.8) is 0 Å². The molecule has 2 atom stereocenters. The third-order valence-electron chi connectivity index (χ3n) is 7.28. The van der Waals surface area contributed by atoms with Crippen LogP contribution in [0.2, 0.25) is 0 Å². The number of fused-ring (bicyclic) bond motifs is 3. The van der Waals surface area contributed by atoms with E-state index in [0.29, 0.717) is 19.4 Å². The van der Waals surface area contributed by atoms with Crippen molar-refractivity contribution in [2.24, 2.45) is 0 Å². The first-order valence-electron chi connectivity index (χ1n) is 12.1. The maximum absolute atomic E-state index is 12.7. The standard InChI is InChI=1S/C27H32N2O6/c1-3-18(12-13-24(30)29(2)27(25(31)32)14-15-34-17-27)28-26(33)35-16-23-21-10-6-4-8-19(21)20-9-5-7-11-22(20)23/h4-11,18,23H,3,12-17H2,1-2H3,(H,28,33)(H,31,32). The van der Waals surface area contributed by atoms with Gasteiger partial charge in [0, 0.05) is 38.5 Å². The molecule has 2 aliphatic rings. The Labute approximate surface area is 205 Å². The van der Waals surface area contributed by atoms with Crippen LogP contribution in [-0.2, 0) is 19.1 Å². The number of likely N-dealkylation sites (N-methyl/N-ethyl adjacent to an activating group) is 1. The van der Waals surface area contributed by atoms with Crippen LogP contribution in [0.25, 0.3) is 11.1 Å². The Morgan fingerprint density at radius 2 is 1.77 bits per heavy atom. The number of carbonyl (C=O) groups excluding carboxylic acids is 2. The van der Waals surface area contributed by atoms with Crippen LogP contribution in [0, 0.1) is 0 Å². The molecule has 1 aliphatic heterocycles. The molecule has 186 valence electrons. The fourth-order valence-corrected chi connectivity index (χ4v) is 5.02. The normalized spacial score (nSPS) is 19.5. The van der Waals surface area contributed by atoms with Gasteiger partial charge in [0.25, 0.3) is 0 Å². The molecule has 0 saturated carbocycles. The Balaban J connectivity index is 1.31. The van der Waals surface area contributed by atoms with Crippen molar-refractivity contribution in [1.82, 2.24) is 10.2 Å². The maximum Gasteiger partial charge on any atom is 0.407 e. The SMILES string of the molecule is CCC(CCC(=O)N(C)C1(C(=O)O)CCOC1)NC(=O)OCC1c2ccccc2-c2ccccc21. The largest absolute Gasteiger partial charge is 0.479 e. The van der Waals surface area contributed by atoms with E-state index in [4.69, 9.17) is 9.47 Å². The van der Waals surface area contributed by atoms with Gasteiger partial charge >= 0.3 is 12.1 Å². The van der Waals surface area contributed by atoms with Gasteiger partial charge in [-0.3, -0.25) is 4.79 Å². The summed E-state index contributed by atoms with van der Waals surface area (Å²) in [6.45, 7) is 2.44. The molecule has 8 nitrogen and oxygen atoms in total. The van der Waals surface area contributed by atoms with Crippen LogP contribution in [0.5, 0.6) is 0 Å². The molecule has 1 aliphatic carbocycles.